The Hall–Kier alpha value is -2.53. The summed E-state index contributed by atoms with van der Waals surface area (Å²) >= 11 is 0. The third kappa shape index (κ3) is 4.51. The number of rotatable bonds is 4. The Morgan fingerprint density at radius 3 is 2.08 bits per heavy atom. The van der Waals surface area contributed by atoms with Crippen molar-refractivity contribution in [2.45, 2.75) is 18.9 Å². The van der Waals surface area contributed by atoms with E-state index in [0.717, 1.165) is 28.7 Å². The Labute approximate surface area is 144 Å². The molecule has 1 aliphatic heterocycles. The number of ether oxygens (including phenoxy) is 2. The molecule has 0 fully saturated rings. The molecule has 25 heavy (non-hydrogen) atoms. The minimum atomic E-state index is -4.68. The molecule has 0 aromatic heterocycles. The fourth-order valence-electron chi connectivity index (χ4n) is 2.70. The molecule has 0 N–H and O–H groups in total. The van der Waals surface area contributed by atoms with E-state index >= 15 is 0 Å². The molecule has 0 aliphatic carbocycles. The zero-order valence-corrected chi connectivity index (χ0v) is 13.4. The third-order valence-corrected chi connectivity index (χ3v) is 4.01. The quantitative estimate of drug-likeness (QED) is 0.694. The minimum Gasteiger partial charge on any atom is -0.406 e. The van der Waals surface area contributed by atoms with Crippen molar-refractivity contribution in [2.75, 3.05) is 6.61 Å². The molecular formula is C20H17F3O2. The van der Waals surface area contributed by atoms with Crippen molar-refractivity contribution in [1.82, 2.24) is 0 Å². The Balaban J connectivity index is 1.70. The van der Waals surface area contributed by atoms with Gasteiger partial charge in [0.05, 0.1) is 12.7 Å². The standard InChI is InChI=1S/C20H17F3O2/c1-2-14-3-12-19(24-13-14)17-6-4-15(5-7-17)16-8-10-18(11-9-16)25-20(21,22)23/h2-11,19H,1,12-13H2. The van der Waals surface area contributed by atoms with Crippen LogP contribution in [0.25, 0.3) is 11.1 Å². The van der Waals surface area contributed by atoms with E-state index in [2.05, 4.69) is 17.4 Å². The minimum absolute atomic E-state index is 0.0142. The molecule has 0 bridgehead atoms. The van der Waals surface area contributed by atoms with E-state index < -0.39 is 6.36 Å². The van der Waals surface area contributed by atoms with Crippen LogP contribution in [-0.4, -0.2) is 13.0 Å². The van der Waals surface area contributed by atoms with Crippen LogP contribution in [0.15, 0.2) is 72.8 Å². The second kappa shape index (κ2) is 7.15. The van der Waals surface area contributed by atoms with E-state index in [4.69, 9.17) is 4.74 Å². The van der Waals surface area contributed by atoms with E-state index in [-0.39, 0.29) is 11.9 Å². The van der Waals surface area contributed by atoms with Gasteiger partial charge >= 0.3 is 6.36 Å². The van der Waals surface area contributed by atoms with Gasteiger partial charge in [0.2, 0.25) is 0 Å². The average molecular weight is 346 g/mol. The SMILES string of the molecule is C=CC1=CCC(c2ccc(-c3ccc(OC(F)(F)F)cc3)cc2)OC1. The average Bonchev–Trinajstić information content (AvgIpc) is 2.61. The first kappa shape index (κ1) is 17.3. The summed E-state index contributed by atoms with van der Waals surface area (Å²) in [6.07, 6.45) is 0.0491. The van der Waals surface area contributed by atoms with Crippen LogP contribution in [0.2, 0.25) is 0 Å². The second-order valence-electron chi connectivity index (χ2n) is 5.71. The highest BCUT2D eigenvalue weighted by Crippen LogP contribution is 2.30. The number of alkyl halides is 3. The van der Waals surface area contributed by atoms with Crippen LogP contribution < -0.4 is 4.74 Å². The monoisotopic (exact) mass is 346 g/mol. The zero-order valence-electron chi connectivity index (χ0n) is 13.4. The summed E-state index contributed by atoms with van der Waals surface area (Å²) in [4.78, 5) is 0. The van der Waals surface area contributed by atoms with Gasteiger partial charge in [0, 0.05) is 0 Å². The smallest absolute Gasteiger partial charge is 0.406 e. The normalized spacial score (nSPS) is 17.7. The third-order valence-electron chi connectivity index (χ3n) is 4.01. The molecule has 130 valence electrons. The van der Waals surface area contributed by atoms with Gasteiger partial charge in [-0.1, -0.05) is 55.1 Å². The van der Waals surface area contributed by atoms with Gasteiger partial charge in [0.1, 0.15) is 5.75 Å². The molecule has 5 heteroatoms. The summed E-state index contributed by atoms with van der Waals surface area (Å²) in [6.45, 7) is 4.29. The van der Waals surface area contributed by atoms with Crippen molar-refractivity contribution in [1.29, 1.82) is 0 Å². The van der Waals surface area contributed by atoms with Crippen molar-refractivity contribution < 1.29 is 22.6 Å². The van der Waals surface area contributed by atoms with Gasteiger partial charge in [-0.3, -0.25) is 0 Å². The fraction of sp³-hybridized carbons (Fsp3) is 0.200. The predicted molar refractivity (Wildman–Crippen MR) is 90.2 cm³/mol. The highest BCUT2D eigenvalue weighted by molar-refractivity contribution is 5.64. The van der Waals surface area contributed by atoms with Gasteiger partial charge in [-0.2, -0.15) is 0 Å². The maximum Gasteiger partial charge on any atom is 0.573 e. The summed E-state index contributed by atoms with van der Waals surface area (Å²) < 4.78 is 46.3. The molecule has 2 aromatic carbocycles. The predicted octanol–water partition coefficient (Wildman–Crippen LogP) is 5.83. The zero-order chi connectivity index (χ0) is 17.9. The summed E-state index contributed by atoms with van der Waals surface area (Å²) in [7, 11) is 0. The molecule has 3 rings (SSSR count). The molecule has 1 aliphatic rings. The molecule has 1 heterocycles. The van der Waals surface area contributed by atoms with Crippen LogP contribution in [0.5, 0.6) is 5.75 Å². The van der Waals surface area contributed by atoms with Crippen molar-refractivity contribution >= 4 is 0 Å². The maximum absolute atomic E-state index is 12.2. The number of hydrogen-bond acceptors (Lipinski definition) is 2. The highest BCUT2D eigenvalue weighted by atomic mass is 19.4. The first-order valence-electron chi connectivity index (χ1n) is 7.84. The van der Waals surface area contributed by atoms with E-state index in [9.17, 15) is 13.2 Å². The molecule has 0 radical (unpaired) electrons. The second-order valence-corrected chi connectivity index (χ2v) is 5.71. The molecule has 0 amide bonds. The van der Waals surface area contributed by atoms with Gasteiger partial charge in [0.15, 0.2) is 0 Å². The Kier molecular flexibility index (Phi) is 4.95. The number of benzene rings is 2. The summed E-state index contributed by atoms with van der Waals surface area (Å²) in [6, 6.07) is 13.7. The summed E-state index contributed by atoms with van der Waals surface area (Å²) in [5.74, 6) is -0.228. The lowest BCUT2D eigenvalue weighted by atomic mass is 9.99. The lowest BCUT2D eigenvalue weighted by Gasteiger charge is -2.22. The molecule has 1 atom stereocenters. The Morgan fingerprint density at radius 2 is 1.60 bits per heavy atom. The summed E-state index contributed by atoms with van der Waals surface area (Å²) in [5.41, 5.74) is 3.90. The highest BCUT2D eigenvalue weighted by Gasteiger charge is 2.30. The molecule has 0 saturated carbocycles. The van der Waals surface area contributed by atoms with Crippen molar-refractivity contribution in [2.24, 2.45) is 0 Å². The molecule has 0 spiro atoms. The fourth-order valence-corrected chi connectivity index (χ4v) is 2.70. The Bertz CT molecular complexity index is 759. The van der Waals surface area contributed by atoms with Crippen LogP contribution in [-0.2, 0) is 4.74 Å². The van der Waals surface area contributed by atoms with Gasteiger partial charge < -0.3 is 9.47 Å². The lowest BCUT2D eigenvalue weighted by Crippen LogP contribution is -2.16. The first-order chi connectivity index (χ1) is 11.9. The van der Waals surface area contributed by atoms with Gasteiger partial charge in [-0.05, 0) is 40.8 Å². The van der Waals surface area contributed by atoms with E-state index in [0.29, 0.717) is 6.61 Å². The first-order valence-corrected chi connectivity index (χ1v) is 7.84. The lowest BCUT2D eigenvalue weighted by molar-refractivity contribution is -0.274. The van der Waals surface area contributed by atoms with Crippen molar-refractivity contribution in [3.63, 3.8) is 0 Å². The van der Waals surface area contributed by atoms with Crippen LogP contribution in [0, 0.1) is 0 Å². The molecule has 0 saturated heterocycles. The largest absolute Gasteiger partial charge is 0.573 e. The summed E-state index contributed by atoms with van der Waals surface area (Å²) in [5, 5.41) is 0. The van der Waals surface area contributed by atoms with Gasteiger partial charge in [-0.15, -0.1) is 13.2 Å². The molecule has 1 unspecified atom stereocenters. The Morgan fingerprint density at radius 1 is 1.00 bits per heavy atom. The van der Waals surface area contributed by atoms with Gasteiger partial charge in [0.25, 0.3) is 0 Å². The van der Waals surface area contributed by atoms with Crippen LogP contribution in [0.4, 0.5) is 13.2 Å². The van der Waals surface area contributed by atoms with Crippen molar-refractivity contribution in [3.8, 4) is 16.9 Å². The topological polar surface area (TPSA) is 18.5 Å². The van der Waals surface area contributed by atoms with E-state index in [1.165, 1.54) is 12.1 Å². The van der Waals surface area contributed by atoms with Crippen LogP contribution in [0.1, 0.15) is 18.1 Å². The van der Waals surface area contributed by atoms with E-state index in [1.54, 1.807) is 18.2 Å². The van der Waals surface area contributed by atoms with Crippen LogP contribution >= 0.6 is 0 Å². The maximum atomic E-state index is 12.2. The van der Waals surface area contributed by atoms with Crippen molar-refractivity contribution in [3.05, 3.63) is 78.4 Å². The number of hydrogen-bond donors (Lipinski definition) is 0. The molecular weight excluding hydrogens is 329 g/mol. The van der Waals surface area contributed by atoms with Gasteiger partial charge in [-0.25, -0.2) is 0 Å². The van der Waals surface area contributed by atoms with Crippen LogP contribution in [0.3, 0.4) is 0 Å². The molecule has 2 aromatic rings. The number of halogens is 3. The van der Waals surface area contributed by atoms with E-state index in [1.807, 2.05) is 24.3 Å². The molecule has 2 nitrogen and oxygen atoms in total.